The molecule has 0 amide bonds. The Bertz CT molecular complexity index is 681. The average molecular weight is 327 g/mol. The number of alkyl halides is 3. The highest BCUT2D eigenvalue weighted by atomic mass is 19.4. The number of para-hydroxylation sites is 2. The van der Waals surface area contributed by atoms with Crippen LogP contribution in [-0.4, -0.2) is 28.6 Å². The second kappa shape index (κ2) is 7.03. The molecule has 9 heteroatoms. The molecule has 1 heterocycles. The molecule has 0 unspecified atom stereocenters. The van der Waals surface area contributed by atoms with Gasteiger partial charge in [0.2, 0.25) is 0 Å². The monoisotopic (exact) mass is 327 g/mol. The average Bonchev–Trinajstić information content (AvgIpc) is 2.85. The molecule has 0 aliphatic rings. The third-order valence-electron chi connectivity index (χ3n) is 2.75. The van der Waals surface area contributed by atoms with Crippen LogP contribution in [0.15, 0.2) is 41.7 Å². The summed E-state index contributed by atoms with van der Waals surface area (Å²) in [5, 5.41) is 6.69. The predicted molar refractivity (Wildman–Crippen MR) is 80.2 cm³/mol. The number of aliphatic imine (C=N–C) groups is 1. The highest BCUT2D eigenvalue weighted by Gasteiger charge is 2.32. The maximum atomic E-state index is 12.3. The molecule has 0 saturated carbocycles. The number of aromatic nitrogens is 2. The molecule has 0 aliphatic heterocycles. The standard InChI is InChI=1S/C14H16F3N5O/c1-10-8-20-22(9-10)7-6-19-13(18)21-11-4-2-3-5-12(11)23-14(15,16)17/h2-5,8-9H,6-7H2,1H3,(H3,18,19,21). The summed E-state index contributed by atoms with van der Waals surface area (Å²) in [4.78, 5) is 4.05. The second-order valence-electron chi connectivity index (χ2n) is 4.72. The Labute approximate surface area is 130 Å². The first kappa shape index (κ1) is 16.7. The number of benzene rings is 1. The molecule has 1 aromatic carbocycles. The number of guanidine groups is 1. The van der Waals surface area contributed by atoms with E-state index < -0.39 is 6.36 Å². The van der Waals surface area contributed by atoms with Gasteiger partial charge < -0.3 is 15.8 Å². The van der Waals surface area contributed by atoms with Crippen molar-refractivity contribution in [3.63, 3.8) is 0 Å². The molecule has 2 aromatic rings. The molecule has 6 nitrogen and oxygen atoms in total. The normalized spacial score (nSPS) is 12.3. The van der Waals surface area contributed by atoms with Crippen molar-refractivity contribution in [2.75, 3.05) is 11.9 Å². The molecule has 23 heavy (non-hydrogen) atoms. The summed E-state index contributed by atoms with van der Waals surface area (Å²) < 4.78 is 42.6. The van der Waals surface area contributed by atoms with E-state index in [2.05, 4.69) is 20.1 Å². The van der Waals surface area contributed by atoms with Crippen molar-refractivity contribution in [2.24, 2.45) is 10.7 Å². The summed E-state index contributed by atoms with van der Waals surface area (Å²) in [6, 6.07) is 5.60. The first-order chi connectivity index (χ1) is 10.8. The molecular weight excluding hydrogens is 311 g/mol. The van der Waals surface area contributed by atoms with E-state index >= 15 is 0 Å². The van der Waals surface area contributed by atoms with Gasteiger partial charge in [-0.05, 0) is 24.6 Å². The quantitative estimate of drug-likeness (QED) is 0.653. The molecule has 0 fully saturated rings. The molecule has 2 rings (SSSR count). The Morgan fingerprint density at radius 1 is 1.39 bits per heavy atom. The van der Waals surface area contributed by atoms with Crippen LogP contribution in [0, 0.1) is 6.92 Å². The first-order valence-electron chi connectivity index (χ1n) is 6.74. The van der Waals surface area contributed by atoms with E-state index in [4.69, 9.17) is 5.73 Å². The number of ether oxygens (including phenoxy) is 1. The zero-order valence-electron chi connectivity index (χ0n) is 12.3. The van der Waals surface area contributed by atoms with E-state index in [-0.39, 0.29) is 17.4 Å². The van der Waals surface area contributed by atoms with E-state index in [9.17, 15) is 13.2 Å². The minimum atomic E-state index is -4.78. The fourth-order valence-corrected chi connectivity index (χ4v) is 1.82. The molecular formula is C14H16F3N5O. The molecule has 0 bridgehead atoms. The van der Waals surface area contributed by atoms with E-state index in [1.54, 1.807) is 16.9 Å². The summed E-state index contributed by atoms with van der Waals surface area (Å²) >= 11 is 0. The third kappa shape index (κ3) is 5.53. The van der Waals surface area contributed by atoms with E-state index in [0.29, 0.717) is 13.1 Å². The number of hydrogen-bond acceptors (Lipinski definition) is 3. The molecule has 124 valence electrons. The Hall–Kier alpha value is -2.71. The Morgan fingerprint density at radius 2 is 2.13 bits per heavy atom. The van der Waals surface area contributed by atoms with Gasteiger partial charge in [0.05, 0.1) is 25.0 Å². The van der Waals surface area contributed by atoms with E-state index in [1.807, 2.05) is 13.1 Å². The minimum Gasteiger partial charge on any atom is -0.404 e. The van der Waals surface area contributed by atoms with Gasteiger partial charge in [-0.15, -0.1) is 13.2 Å². The number of hydrogen-bond donors (Lipinski definition) is 2. The molecule has 0 aliphatic carbocycles. The van der Waals surface area contributed by atoms with Gasteiger partial charge in [0.15, 0.2) is 11.7 Å². The first-order valence-corrected chi connectivity index (χ1v) is 6.74. The molecule has 1 aromatic heterocycles. The maximum Gasteiger partial charge on any atom is 0.573 e. The lowest BCUT2D eigenvalue weighted by molar-refractivity contribution is -0.274. The van der Waals surface area contributed by atoms with Gasteiger partial charge in [-0.2, -0.15) is 5.10 Å². The van der Waals surface area contributed by atoms with Crippen LogP contribution in [0.2, 0.25) is 0 Å². The molecule has 0 spiro atoms. The van der Waals surface area contributed by atoms with Crippen molar-refractivity contribution in [1.29, 1.82) is 0 Å². The van der Waals surface area contributed by atoms with Crippen LogP contribution in [0.3, 0.4) is 0 Å². The van der Waals surface area contributed by atoms with Crippen LogP contribution in [0.4, 0.5) is 18.9 Å². The van der Waals surface area contributed by atoms with Crippen molar-refractivity contribution in [3.8, 4) is 5.75 Å². The summed E-state index contributed by atoms with van der Waals surface area (Å²) in [5.74, 6) is -0.382. The highest BCUT2D eigenvalue weighted by Crippen LogP contribution is 2.29. The Morgan fingerprint density at radius 3 is 2.78 bits per heavy atom. The van der Waals surface area contributed by atoms with Crippen molar-refractivity contribution in [1.82, 2.24) is 9.78 Å². The van der Waals surface area contributed by atoms with Gasteiger partial charge in [-0.3, -0.25) is 9.67 Å². The van der Waals surface area contributed by atoms with Crippen molar-refractivity contribution in [3.05, 3.63) is 42.2 Å². The Kier molecular flexibility index (Phi) is 5.09. The predicted octanol–water partition coefficient (Wildman–Crippen LogP) is 2.52. The summed E-state index contributed by atoms with van der Waals surface area (Å²) in [6.45, 7) is 2.76. The van der Waals surface area contributed by atoms with E-state index in [0.717, 1.165) is 5.56 Å². The van der Waals surface area contributed by atoms with Crippen LogP contribution < -0.4 is 15.8 Å². The largest absolute Gasteiger partial charge is 0.573 e. The zero-order chi connectivity index (χ0) is 16.9. The fourth-order valence-electron chi connectivity index (χ4n) is 1.82. The van der Waals surface area contributed by atoms with Gasteiger partial charge in [0.1, 0.15) is 0 Å². The fraction of sp³-hybridized carbons (Fsp3) is 0.286. The summed E-state index contributed by atoms with van der Waals surface area (Å²) in [5.41, 5.74) is 6.79. The maximum absolute atomic E-state index is 12.3. The lowest BCUT2D eigenvalue weighted by atomic mass is 10.3. The topological polar surface area (TPSA) is 77.5 Å². The number of nitrogens with one attached hydrogen (secondary N) is 1. The van der Waals surface area contributed by atoms with Crippen LogP contribution in [-0.2, 0) is 6.54 Å². The van der Waals surface area contributed by atoms with Crippen molar-refractivity contribution >= 4 is 11.6 Å². The molecule has 0 atom stereocenters. The highest BCUT2D eigenvalue weighted by molar-refractivity contribution is 5.93. The lowest BCUT2D eigenvalue weighted by Crippen LogP contribution is -2.25. The number of rotatable bonds is 5. The van der Waals surface area contributed by atoms with Crippen LogP contribution in [0.25, 0.3) is 0 Å². The summed E-state index contributed by atoms with van der Waals surface area (Å²) in [6.07, 6.45) is -1.21. The minimum absolute atomic E-state index is 0.00731. The number of nitrogens with zero attached hydrogens (tertiary/aromatic N) is 3. The van der Waals surface area contributed by atoms with Gasteiger partial charge in [-0.25, -0.2) is 0 Å². The zero-order valence-corrected chi connectivity index (χ0v) is 12.3. The smallest absolute Gasteiger partial charge is 0.404 e. The van der Waals surface area contributed by atoms with Gasteiger partial charge in [0, 0.05) is 6.20 Å². The molecule has 0 radical (unpaired) electrons. The Balaban J connectivity index is 1.96. The van der Waals surface area contributed by atoms with Gasteiger partial charge in [0.25, 0.3) is 0 Å². The van der Waals surface area contributed by atoms with Crippen molar-refractivity contribution < 1.29 is 17.9 Å². The number of nitrogens with two attached hydrogens (primary N) is 1. The molecule has 3 N–H and O–H groups in total. The number of aryl methyl sites for hydroxylation is 1. The van der Waals surface area contributed by atoms with Crippen LogP contribution in [0.1, 0.15) is 5.56 Å². The van der Waals surface area contributed by atoms with Crippen molar-refractivity contribution in [2.45, 2.75) is 19.8 Å². The molecule has 0 saturated heterocycles. The second-order valence-corrected chi connectivity index (χ2v) is 4.72. The van der Waals surface area contributed by atoms with Gasteiger partial charge in [-0.1, -0.05) is 12.1 Å². The third-order valence-corrected chi connectivity index (χ3v) is 2.75. The number of anilines is 1. The van der Waals surface area contributed by atoms with Crippen LogP contribution in [0.5, 0.6) is 5.75 Å². The number of halogens is 3. The lowest BCUT2D eigenvalue weighted by Gasteiger charge is -2.14. The van der Waals surface area contributed by atoms with Gasteiger partial charge >= 0.3 is 6.36 Å². The SMILES string of the molecule is Cc1cnn(CCN=C(N)Nc2ccccc2OC(F)(F)F)c1. The van der Waals surface area contributed by atoms with Crippen LogP contribution >= 0.6 is 0 Å². The summed E-state index contributed by atoms with van der Waals surface area (Å²) in [7, 11) is 0. The van der Waals surface area contributed by atoms with E-state index in [1.165, 1.54) is 18.2 Å².